The lowest BCUT2D eigenvalue weighted by Gasteiger charge is -2.32. The number of carbonyl (C=O) groups is 1. The predicted molar refractivity (Wildman–Crippen MR) is 79.1 cm³/mol. The number of piperidine rings is 1. The minimum atomic E-state index is -1.03. The number of anilines is 2. The molecule has 1 aromatic heterocycles. The minimum absolute atomic E-state index is 0.0319. The summed E-state index contributed by atoms with van der Waals surface area (Å²) in [7, 11) is 4.05. The first kappa shape index (κ1) is 14.6. The van der Waals surface area contributed by atoms with Crippen molar-refractivity contribution in [1.82, 2.24) is 9.88 Å². The number of pyridine rings is 1. The number of hydrogen-bond donors (Lipinski definition) is 2. The van der Waals surface area contributed by atoms with E-state index < -0.39 is 5.97 Å². The van der Waals surface area contributed by atoms with E-state index in [1.165, 1.54) is 6.07 Å². The van der Waals surface area contributed by atoms with Crippen LogP contribution in [0, 0.1) is 5.92 Å². The van der Waals surface area contributed by atoms with E-state index in [9.17, 15) is 4.79 Å². The van der Waals surface area contributed by atoms with Crippen molar-refractivity contribution in [2.24, 2.45) is 5.92 Å². The van der Waals surface area contributed by atoms with Crippen LogP contribution in [0.4, 0.5) is 11.5 Å². The fourth-order valence-electron chi connectivity index (χ4n) is 2.60. The molecule has 0 atom stereocenters. The Morgan fingerprint density at radius 2 is 2.15 bits per heavy atom. The molecule has 0 bridgehead atoms. The molecule has 1 aliphatic rings. The summed E-state index contributed by atoms with van der Waals surface area (Å²) in [4.78, 5) is 19.4. The van der Waals surface area contributed by atoms with Gasteiger partial charge in [0.15, 0.2) is 11.5 Å². The average molecular weight is 278 g/mol. The van der Waals surface area contributed by atoms with Crippen LogP contribution >= 0.6 is 0 Å². The zero-order valence-corrected chi connectivity index (χ0v) is 12.0. The summed E-state index contributed by atoms with van der Waals surface area (Å²) in [5, 5.41) is 9.01. The number of likely N-dealkylation sites (tertiary alicyclic amines) is 1. The van der Waals surface area contributed by atoms with Crippen molar-refractivity contribution in [3.8, 4) is 0 Å². The number of nitrogens with zero attached hydrogens (tertiary/aromatic N) is 3. The van der Waals surface area contributed by atoms with E-state index in [-0.39, 0.29) is 5.69 Å². The van der Waals surface area contributed by atoms with E-state index >= 15 is 0 Å². The van der Waals surface area contributed by atoms with Gasteiger partial charge >= 0.3 is 5.97 Å². The van der Waals surface area contributed by atoms with Gasteiger partial charge in [0, 0.05) is 13.6 Å². The lowest BCUT2D eigenvalue weighted by atomic mass is 9.96. The number of nitrogen functional groups attached to an aromatic ring is 1. The smallest absolute Gasteiger partial charge is 0.354 e. The lowest BCUT2D eigenvalue weighted by Crippen LogP contribution is -2.36. The first-order chi connectivity index (χ1) is 9.47. The lowest BCUT2D eigenvalue weighted by molar-refractivity contribution is 0.0690. The molecule has 1 aliphatic heterocycles. The maximum atomic E-state index is 11.0. The molecule has 1 fully saturated rings. The number of aromatic nitrogens is 1. The summed E-state index contributed by atoms with van der Waals surface area (Å²) in [6.45, 7) is 3.07. The van der Waals surface area contributed by atoms with Gasteiger partial charge < -0.3 is 20.6 Å². The van der Waals surface area contributed by atoms with Crippen LogP contribution in [-0.2, 0) is 0 Å². The number of nitrogens with two attached hydrogens (primary N) is 1. The molecule has 20 heavy (non-hydrogen) atoms. The number of carboxylic acid groups (broad SMARTS) is 1. The van der Waals surface area contributed by atoms with Crippen molar-refractivity contribution in [2.75, 3.05) is 44.4 Å². The number of hydrogen-bond acceptors (Lipinski definition) is 5. The molecule has 3 N–H and O–H groups in total. The molecule has 0 aliphatic carbocycles. The highest BCUT2D eigenvalue weighted by atomic mass is 16.4. The van der Waals surface area contributed by atoms with Gasteiger partial charge in [-0.2, -0.15) is 0 Å². The SMILES string of the molecule is CN1CCC(CN(C)c2nc(C(=O)O)ccc2N)CC1. The van der Waals surface area contributed by atoms with E-state index in [1.807, 2.05) is 11.9 Å². The molecular formula is C14H22N4O2. The third-order valence-corrected chi connectivity index (χ3v) is 3.86. The number of rotatable bonds is 4. The van der Waals surface area contributed by atoms with Crippen LogP contribution in [0.1, 0.15) is 23.3 Å². The Morgan fingerprint density at radius 3 is 2.75 bits per heavy atom. The van der Waals surface area contributed by atoms with Crippen LogP contribution in [0.3, 0.4) is 0 Å². The van der Waals surface area contributed by atoms with Crippen LogP contribution < -0.4 is 10.6 Å². The third-order valence-electron chi connectivity index (χ3n) is 3.86. The second-order valence-corrected chi connectivity index (χ2v) is 5.54. The van der Waals surface area contributed by atoms with Gasteiger partial charge in [0.25, 0.3) is 0 Å². The number of aromatic carboxylic acids is 1. The Balaban J connectivity index is 2.06. The molecule has 0 saturated carbocycles. The molecule has 6 nitrogen and oxygen atoms in total. The van der Waals surface area contributed by atoms with E-state index in [0.29, 0.717) is 17.4 Å². The highest BCUT2D eigenvalue weighted by molar-refractivity contribution is 5.86. The second-order valence-electron chi connectivity index (χ2n) is 5.54. The zero-order valence-electron chi connectivity index (χ0n) is 12.0. The van der Waals surface area contributed by atoms with Crippen LogP contribution in [0.5, 0.6) is 0 Å². The maximum Gasteiger partial charge on any atom is 0.354 e. The highest BCUT2D eigenvalue weighted by Gasteiger charge is 2.20. The molecule has 110 valence electrons. The summed E-state index contributed by atoms with van der Waals surface area (Å²) in [5.74, 6) is 0.133. The first-order valence-electron chi connectivity index (χ1n) is 6.87. The van der Waals surface area contributed by atoms with Gasteiger partial charge in [-0.15, -0.1) is 0 Å². The van der Waals surface area contributed by atoms with Gasteiger partial charge in [-0.3, -0.25) is 0 Å². The minimum Gasteiger partial charge on any atom is -0.477 e. The Morgan fingerprint density at radius 1 is 1.50 bits per heavy atom. The van der Waals surface area contributed by atoms with E-state index in [4.69, 9.17) is 10.8 Å². The maximum absolute atomic E-state index is 11.0. The van der Waals surface area contributed by atoms with Crippen molar-refractivity contribution in [1.29, 1.82) is 0 Å². The zero-order chi connectivity index (χ0) is 14.7. The molecule has 0 amide bonds. The van der Waals surface area contributed by atoms with Crippen molar-refractivity contribution in [2.45, 2.75) is 12.8 Å². The van der Waals surface area contributed by atoms with Crippen LogP contribution in [-0.4, -0.2) is 54.7 Å². The Kier molecular flexibility index (Phi) is 4.44. The van der Waals surface area contributed by atoms with Crippen molar-refractivity contribution in [3.05, 3.63) is 17.8 Å². The second kappa shape index (κ2) is 6.09. The summed E-state index contributed by atoms with van der Waals surface area (Å²) < 4.78 is 0. The fourth-order valence-corrected chi connectivity index (χ4v) is 2.60. The Hall–Kier alpha value is -1.82. The summed E-state index contributed by atoms with van der Waals surface area (Å²) >= 11 is 0. The third kappa shape index (κ3) is 3.39. The molecule has 6 heteroatoms. The van der Waals surface area contributed by atoms with Gasteiger partial charge in [-0.05, 0) is 51.0 Å². The van der Waals surface area contributed by atoms with Gasteiger partial charge in [-0.25, -0.2) is 9.78 Å². The molecule has 0 aromatic carbocycles. The molecule has 1 saturated heterocycles. The quantitative estimate of drug-likeness (QED) is 0.859. The fraction of sp³-hybridized carbons (Fsp3) is 0.571. The standard InChI is InChI=1S/C14H22N4O2/c1-17-7-5-10(6-8-17)9-18(2)13-11(15)3-4-12(16-13)14(19)20/h3-4,10H,5-9,15H2,1-2H3,(H,19,20). The molecule has 0 spiro atoms. The number of carboxylic acids is 1. The van der Waals surface area contributed by atoms with Crippen LogP contribution in [0.15, 0.2) is 12.1 Å². The Bertz CT molecular complexity index is 484. The van der Waals surface area contributed by atoms with Crippen molar-refractivity contribution in [3.63, 3.8) is 0 Å². The van der Waals surface area contributed by atoms with Gasteiger partial charge in [-0.1, -0.05) is 0 Å². The topological polar surface area (TPSA) is 82.7 Å². The molecular weight excluding hydrogens is 256 g/mol. The molecule has 2 heterocycles. The molecule has 0 unspecified atom stereocenters. The van der Waals surface area contributed by atoms with E-state index in [2.05, 4.69) is 16.9 Å². The normalized spacial score (nSPS) is 17.1. The van der Waals surface area contributed by atoms with Gasteiger partial charge in [0.2, 0.25) is 0 Å². The van der Waals surface area contributed by atoms with Crippen molar-refractivity contribution >= 4 is 17.5 Å². The molecule has 1 aromatic rings. The predicted octanol–water partition coefficient (Wildman–Crippen LogP) is 1.14. The average Bonchev–Trinajstić information content (AvgIpc) is 2.41. The summed E-state index contributed by atoms with van der Waals surface area (Å²) in [5.41, 5.74) is 6.46. The Labute approximate surface area is 119 Å². The molecule has 0 radical (unpaired) electrons. The van der Waals surface area contributed by atoms with Gasteiger partial charge in [0.1, 0.15) is 0 Å². The monoisotopic (exact) mass is 278 g/mol. The summed E-state index contributed by atoms with van der Waals surface area (Å²) in [6.07, 6.45) is 2.30. The van der Waals surface area contributed by atoms with E-state index in [0.717, 1.165) is 32.5 Å². The van der Waals surface area contributed by atoms with Gasteiger partial charge in [0.05, 0.1) is 5.69 Å². The largest absolute Gasteiger partial charge is 0.477 e. The first-order valence-corrected chi connectivity index (χ1v) is 6.87. The van der Waals surface area contributed by atoms with Crippen LogP contribution in [0.25, 0.3) is 0 Å². The van der Waals surface area contributed by atoms with Crippen molar-refractivity contribution < 1.29 is 9.90 Å². The summed E-state index contributed by atoms with van der Waals surface area (Å²) in [6, 6.07) is 3.04. The van der Waals surface area contributed by atoms with Crippen LogP contribution in [0.2, 0.25) is 0 Å². The molecule has 2 rings (SSSR count). The van der Waals surface area contributed by atoms with E-state index in [1.54, 1.807) is 6.07 Å². The highest BCUT2D eigenvalue weighted by Crippen LogP contribution is 2.23.